The van der Waals surface area contributed by atoms with Gasteiger partial charge in [-0.05, 0) is 52.6 Å². The maximum atomic E-state index is 5.44. The van der Waals surface area contributed by atoms with Crippen molar-refractivity contribution in [3.63, 3.8) is 0 Å². The summed E-state index contributed by atoms with van der Waals surface area (Å²) in [5.41, 5.74) is 0.995. The highest BCUT2D eigenvalue weighted by Gasteiger charge is 2.09. The van der Waals surface area contributed by atoms with Gasteiger partial charge in [0.05, 0.1) is 12.2 Å². The van der Waals surface area contributed by atoms with E-state index in [1.165, 1.54) is 6.42 Å². The number of hydrogen-bond acceptors (Lipinski definition) is 5. The molecular formula is C16H32N4O. The summed E-state index contributed by atoms with van der Waals surface area (Å²) in [7, 11) is 4.23. The van der Waals surface area contributed by atoms with Gasteiger partial charge < -0.3 is 14.7 Å². The Bertz CT molecular complexity index is 376. The number of aromatic nitrogens is 1. The van der Waals surface area contributed by atoms with E-state index in [9.17, 15) is 0 Å². The first kappa shape index (κ1) is 18.1. The van der Waals surface area contributed by atoms with Crippen LogP contribution < -0.4 is 5.32 Å². The molecule has 0 aliphatic rings. The SMILES string of the molecule is CCN(CCCN(C)C)Cc1cc(CNCC(C)C)no1. The maximum Gasteiger partial charge on any atom is 0.151 e. The van der Waals surface area contributed by atoms with E-state index in [4.69, 9.17) is 4.52 Å². The van der Waals surface area contributed by atoms with Crippen LogP contribution in [0.25, 0.3) is 0 Å². The van der Waals surface area contributed by atoms with Gasteiger partial charge in [0.1, 0.15) is 0 Å². The Morgan fingerprint density at radius 3 is 2.67 bits per heavy atom. The molecule has 0 spiro atoms. The first-order valence-electron chi connectivity index (χ1n) is 8.03. The van der Waals surface area contributed by atoms with Crippen molar-refractivity contribution in [3.8, 4) is 0 Å². The summed E-state index contributed by atoms with van der Waals surface area (Å²) < 4.78 is 5.44. The molecule has 0 saturated carbocycles. The van der Waals surface area contributed by atoms with Gasteiger partial charge in [-0.2, -0.15) is 0 Å². The highest BCUT2D eigenvalue weighted by atomic mass is 16.5. The highest BCUT2D eigenvalue weighted by molar-refractivity contribution is 5.05. The molecule has 122 valence electrons. The molecule has 0 radical (unpaired) electrons. The number of hydrogen-bond donors (Lipinski definition) is 1. The third-order valence-corrected chi connectivity index (χ3v) is 3.37. The zero-order valence-corrected chi connectivity index (χ0v) is 14.4. The van der Waals surface area contributed by atoms with Crippen molar-refractivity contribution in [3.05, 3.63) is 17.5 Å². The normalized spacial score (nSPS) is 12.0. The van der Waals surface area contributed by atoms with Gasteiger partial charge in [-0.1, -0.05) is 25.9 Å². The van der Waals surface area contributed by atoms with Crippen molar-refractivity contribution in [2.45, 2.75) is 40.3 Å². The summed E-state index contributed by atoms with van der Waals surface area (Å²) in [6.07, 6.45) is 1.18. The summed E-state index contributed by atoms with van der Waals surface area (Å²) >= 11 is 0. The fourth-order valence-electron chi connectivity index (χ4n) is 2.18. The van der Waals surface area contributed by atoms with E-state index in [1.54, 1.807) is 0 Å². The first-order chi connectivity index (χ1) is 10.0. The standard InChI is InChI=1S/C16H32N4O/c1-6-20(9-7-8-19(4)5)13-16-10-15(18-21-16)12-17-11-14(2)3/h10,14,17H,6-9,11-13H2,1-5H3. The second kappa shape index (κ2) is 9.92. The largest absolute Gasteiger partial charge is 0.360 e. The Balaban J connectivity index is 2.33. The highest BCUT2D eigenvalue weighted by Crippen LogP contribution is 2.08. The molecule has 1 N–H and O–H groups in total. The quantitative estimate of drug-likeness (QED) is 0.678. The first-order valence-corrected chi connectivity index (χ1v) is 8.03. The molecule has 1 aromatic rings. The molecular weight excluding hydrogens is 264 g/mol. The van der Waals surface area contributed by atoms with Crippen LogP contribution in [0.2, 0.25) is 0 Å². The molecule has 0 aliphatic carbocycles. The van der Waals surface area contributed by atoms with Crippen molar-refractivity contribution >= 4 is 0 Å². The van der Waals surface area contributed by atoms with Crippen LogP contribution in [0.1, 0.15) is 38.6 Å². The molecule has 0 aromatic carbocycles. The van der Waals surface area contributed by atoms with Crippen molar-refractivity contribution in [1.82, 2.24) is 20.3 Å². The van der Waals surface area contributed by atoms with Gasteiger partial charge in [0, 0.05) is 12.6 Å². The fourth-order valence-corrected chi connectivity index (χ4v) is 2.18. The molecule has 0 atom stereocenters. The van der Waals surface area contributed by atoms with E-state index in [0.29, 0.717) is 5.92 Å². The van der Waals surface area contributed by atoms with Gasteiger partial charge in [-0.3, -0.25) is 4.90 Å². The summed E-state index contributed by atoms with van der Waals surface area (Å²) in [5.74, 6) is 1.62. The fraction of sp³-hybridized carbons (Fsp3) is 0.812. The summed E-state index contributed by atoms with van der Waals surface area (Å²) in [6.45, 7) is 12.5. The smallest absolute Gasteiger partial charge is 0.151 e. The van der Waals surface area contributed by atoms with Crippen molar-refractivity contribution in [2.75, 3.05) is 40.3 Å². The molecule has 0 unspecified atom stereocenters. The summed E-state index contributed by atoms with van der Waals surface area (Å²) in [5, 5.41) is 7.52. The minimum Gasteiger partial charge on any atom is -0.360 e. The van der Waals surface area contributed by atoms with Crippen LogP contribution in [0.15, 0.2) is 10.6 Å². The minimum atomic E-state index is 0.656. The number of nitrogens with zero attached hydrogens (tertiary/aromatic N) is 3. The van der Waals surface area contributed by atoms with Crippen LogP contribution >= 0.6 is 0 Å². The van der Waals surface area contributed by atoms with E-state index >= 15 is 0 Å². The lowest BCUT2D eigenvalue weighted by Gasteiger charge is -2.19. The lowest BCUT2D eigenvalue weighted by molar-refractivity contribution is 0.228. The number of nitrogens with one attached hydrogen (secondary N) is 1. The Hall–Kier alpha value is -0.910. The Kier molecular flexibility index (Phi) is 8.57. The maximum absolute atomic E-state index is 5.44. The van der Waals surface area contributed by atoms with E-state index < -0.39 is 0 Å². The lowest BCUT2D eigenvalue weighted by atomic mass is 10.2. The molecule has 21 heavy (non-hydrogen) atoms. The minimum absolute atomic E-state index is 0.656. The van der Waals surface area contributed by atoms with Crippen molar-refractivity contribution in [1.29, 1.82) is 0 Å². The lowest BCUT2D eigenvalue weighted by Crippen LogP contribution is -2.26. The average molecular weight is 296 g/mol. The van der Waals surface area contributed by atoms with E-state index in [2.05, 4.69) is 61.2 Å². The molecule has 1 rings (SSSR count). The van der Waals surface area contributed by atoms with Gasteiger partial charge in [0.2, 0.25) is 0 Å². The zero-order chi connectivity index (χ0) is 15.7. The molecule has 0 bridgehead atoms. The topological polar surface area (TPSA) is 44.5 Å². The molecule has 0 aliphatic heterocycles. The Morgan fingerprint density at radius 1 is 1.29 bits per heavy atom. The van der Waals surface area contributed by atoms with Gasteiger partial charge in [0.25, 0.3) is 0 Å². The molecule has 5 heteroatoms. The summed E-state index contributed by atoms with van der Waals surface area (Å²) in [4.78, 5) is 4.62. The van der Waals surface area contributed by atoms with Gasteiger partial charge in [0.15, 0.2) is 5.76 Å². The van der Waals surface area contributed by atoms with Crippen LogP contribution in [0.3, 0.4) is 0 Å². The molecule has 0 amide bonds. The van der Waals surface area contributed by atoms with E-state index in [-0.39, 0.29) is 0 Å². The third kappa shape index (κ3) is 8.19. The van der Waals surface area contributed by atoms with Gasteiger partial charge >= 0.3 is 0 Å². The van der Waals surface area contributed by atoms with E-state index in [0.717, 1.165) is 50.7 Å². The Morgan fingerprint density at radius 2 is 2.05 bits per heavy atom. The number of rotatable bonds is 11. The molecule has 1 aromatic heterocycles. The van der Waals surface area contributed by atoms with Crippen molar-refractivity contribution < 1.29 is 4.52 Å². The molecule has 0 fully saturated rings. The average Bonchev–Trinajstić information content (AvgIpc) is 2.84. The van der Waals surface area contributed by atoms with E-state index in [1.807, 2.05) is 0 Å². The zero-order valence-electron chi connectivity index (χ0n) is 14.4. The monoisotopic (exact) mass is 296 g/mol. The predicted molar refractivity (Wildman–Crippen MR) is 87.2 cm³/mol. The second-order valence-corrected chi connectivity index (χ2v) is 6.33. The van der Waals surface area contributed by atoms with Crippen LogP contribution in [0, 0.1) is 5.92 Å². The Labute approximate surface area is 129 Å². The molecule has 0 saturated heterocycles. The van der Waals surface area contributed by atoms with Gasteiger partial charge in [-0.15, -0.1) is 0 Å². The van der Waals surface area contributed by atoms with Crippen LogP contribution in [0.5, 0.6) is 0 Å². The van der Waals surface area contributed by atoms with Crippen LogP contribution in [-0.4, -0.2) is 55.2 Å². The second-order valence-electron chi connectivity index (χ2n) is 6.33. The predicted octanol–water partition coefficient (Wildman–Crippen LogP) is 2.19. The van der Waals surface area contributed by atoms with Crippen LogP contribution in [0.4, 0.5) is 0 Å². The van der Waals surface area contributed by atoms with Gasteiger partial charge in [-0.25, -0.2) is 0 Å². The third-order valence-electron chi connectivity index (χ3n) is 3.37. The molecule has 1 heterocycles. The van der Waals surface area contributed by atoms with Crippen LogP contribution in [-0.2, 0) is 13.1 Å². The summed E-state index contributed by atoms with van der Waals surface area (Å²) in [6, 6.07) is 2.07. The van der Waals surface area contributed by atoms with Crippen molar-refractivity contribution in [2.24, 2.45) is 5.92 Å². The molecule has 5 nitrogen and oxygen atoms in total.